The van der Waals surface area contributed by atoms with E-state index in [2.05, 4.69) is 19.3 Å². The van der Waals surface area contributed by atoms with Crippen LogP contribution in [0.25, 0.3) is 26.9 Å². The second kappa shape index (κ2) is 9.18. The van der Waals surface area contributed by atoms with Crippen LogP contribution in [-0.2, 0) is 0 Å². The number of hydrogen-bond acceptors (Lipinski definition) is 6. The molecule has 0 amide bonds. The van der Waals surface area contributed by atoms with Crippen LogP contribution in [0, 0.1) is 12.8 Å². The summed E-state index contributed by atoms with van der Waals surface area (Å²) in [5.41, 5.74) is 7.90. The average molecular weight is 503 g/mol. The molecule has 2 aromatic carbocycles. The van der Waals surface area contributed by atoms with Crippen molar-refractivity contribution >= 4 is 38.8 Å². The van der Waals surface area contributed by atoms with Crippen LogP contribution in [-0.4, -0.2) is 25.8 Å². The van der Waals surface area contributed by atoms with Gasteiger partial charge >= 0.3 is 5.97 Å². The summed E-state index contributed by atoms with van der Waals surface area (Å²) in [6.07, 6.45) is 4.60. The van der Waals surface area contributed by atoms with E-state index in [1.54, 1.807) is 25.1 Å². The summed E-state index contributed by atoms with van der Waals surface area (Å²) in [6.45, 7) is 5.94. The van der Waals surface area contributed by atoms with Gasteiger partial charge in [0.25, 0.3) is 5.56 Å². The molecular formula is C27H26N4O4S. The van der Waals surface area contributed by atoms with Crippen LogP contribution >= 0.6 is 11.3 Å². The van der Waals surface area contributed by atoms with Crippen molar-refractivity contribution in [3.8, 4) is 11.1 Å². The maximum Gasteiger partial charge on any atom is 0.335 e. The van der Waals surface area contributed by atoms with Crippen molar-refractivity contribution < 1.29 is 15.1 Å². The smallest absolute Gasteiger partial charge is 0.335 e. The third kappa shape index (κ3) is 4.23. The van der Waals surface area contributed by atoms with Gasteiger partial charge in [0.2, 0.25) is 0 Å². The third-order valence-electron chi connectivity index (χ3n) is 6.57. The molecule has 8 nitrogen and oxygen atoms in total. The summed E-state index contributed by atoms with van der Waals surface area (Å²) >= 11 is 1.51. The fraction of sp³-hybridized carbons (Fsp3) is 0.185. The van der Waals surface area contributed by atoms with E-state index in [1.165, 1.54) is 32.4 Å². The third-order valence-corrected chi connectivity index (χ3v) is 7.53. The first-order chi connectivity index (χ1) is 17.2. The van der Waals surface area contributed by atoms with Crippen LogP contribution in [0.3, 0.4) is 0 Å². The van der Waals surface area contributed by atoms with Crippen molar-refractivity contribution in [1.29, 1.82) is 0 Å². The van der Waals surface area contributed by atoms with Crippen molar-refractivity contribution in [3.05, 3.63) is 93.2 Å². The Bertz CT molecular complexity index is 1610. The minimum Gasteiger partial charge on any atom is -0.478 e. The molecule has 184 valence electrons. The van der Waals surface area contributed by atoms with Gasteiger partial charge in [-0.15, -0.1) is 16.1 Å². The number of benzene rings is 2. The van der Waals surface area contributed by atoms with E-state index in [0.717, 1.165) is 32.2 Å². The summed E-state index contributed by atoms with van der Waals surface area (Å²) in [7, 11) is 0. The van der Waals surface area contributed by atoms with Crippen LogP contribution in [0.5, 0.6) is 0 Å². The number of fused-ring (bicyclic) bond motifs is 1. The van der Waals surface area contributed by atoms with Crippen LogP contribution in [0.15, 0.2) is 76.4 Å². The second-order valence-electron chi connectivity index (χ2n) is 9.05. The van der Waals surface area contributed by atoms with E-state index in [4.69, 9.17) is 0 Å². The average Bonchev–Trinajstić information content (AvgIpc) is 3.39. The fourth-order valence-corrected chi connectivity index (χ4v) is 5.29. The number of carboxylic acids is 1. The van der Waals surface area contributed by atoms with Gasteiger partial charge in [0.1, 0.15) is 0 Å². The quantitative estimate of drug-likeness (QED) is 0.292. The Kier molecular flexibility index (Phi) is 6.03. The van der Waals surface area contributed by atoms with Crippen LogP contribution in [0.2, 0.25) is 0 Å². The molecule has 9 heteroatoms. The van der Waals surface area contributed by atoms with Gasteiger partial charge in [-0.05, 0) is 67.7 Å². The molecule has 1 atom stereocenters. The number of thiophene rings is 1. The van der Waals surface area contributed by atoms with E-state index in [1.807, 2.05) is 41.8 Å². The summed E-state index contributed by atoms with van der Waals surface area (Å²) in [4.78, 5) is 25.6. The van der Waals surface area contributed by atoms with Crippen molar-refractivity contribution in [2.45, 2.75) is 27.2 Å². The first-order valence-electron chi connectivity index (χ1n) is 11.5. The molecule has 0 aliphatic heterocycles. The predicted molar refractivity (Wildman–Crippen MR) is 143 cm³/mol. The lowest BCUT2D eigenvalue weighted by atomic mass is 9.93. The highest BCUT2D eigenvalue weighted by Gasteiger charge is 2.21. The molecule has 2 heterocycles. The molecule has 1 aliphatic carbocycles. The molecule has 1 aliphatic rings. The molecule has 0 saturated heterocycles. The summed E-state index contributed by atoms with van der Waals surface area (Å²) in [5.74, 6) is -0.687. The highest BCUT2D eigenvalue weighted by atomic mass is 32.1. The summed E-state index contributed by atoms with van der Waals surface area (Å²) in [6, 6.07) is 14.1. The Morgan fingerprint density at radius 1 is 1.11 bits per heavy atom. The molecule has 0 saturated carbocycles. The van der Waals surface area contributed by atoms with Gasteiger partial charge in [-0.1, -0.05) is 42.1 Å². The second-order valence-corrected chi connectivity index (χ2v) is 9.96. The molecule has 4 aromatic rings. The van der Waals surface area contributed by atoms with Crippen molar-refractivity contribution in [1.82, 2.24) is 9.47 Å². The number of hydrazine groups is 1. The highest BCUT2D eigenvalue weighted by molar-refractivity contribution is 7.17. The number of nitrogens with zero attached hydrogens (tertiary/aromatic N) is 3. The van der Waals surface area contributed by atoms with Crippen LogP contribution < -0.4 is 16.3 Å². The molecular weight excluding hydrogens is 476 g/mol. The number of rotatable bonds is 6. The number of aromatic nitrogens is 2. The Balaban J connectivity index is 1.50. The van der Waals surface area contributed by atoms with Gasteiger partial charge in [-0.3, -0.25) is 15.4 Å². The van der Waals surface area contributed by atoms with Crippen molar-refractivity contribution in [2.75, 3.05) is 10.7 Å². The topological polar surface area (TPSA) is 99.7 Å². The minimum atomic E-state index is -0.979. The standard InChI is InChI=1S/C27H26N4O4S/c1-16-7-9-22(11-17(16)2)29-26(32)12-18(3)30(29)31(35)28-24-15-36-25-10-8-20(14-23(24)25)19-5-4-6-21(13-19)27(33)34/h4-10,12-15,17,28,35H,11H2,1-3H3,(H,33,34). The molecule has 3 N–H and O–H groups in total. The molecule has 1 unspecified atom stereocenters. The zero-order chi connectivity index (χ0) is 25.6. The van der Waals surface area contributed by atoms with Gasteiger partial charge in [0, 0.05) is 27.2 Å². The lowest BCUT2D eigenvalue weighted by Crippen LogP contribution is -2.43. The lowest BCUT2D eigenvalue weighted by Gasteiger charge is -2.26. The molecule has 0 fully saturated rings. The number of aryl methyl sites for hydroxylation is 1. The lowest BCUT2D eigenvalue weighted by molar-refractivity contribution is 0.0697. The van der Waals surface area contributed by atoms with Gasteiger partial charge in [-0.2, -0.15) is 4.68 Å². The molecule has 0 spiro atoms. The maximum absolute atomic E-state index is 12.8. The monoisotopic (exact) mass is 502 g/mol. The summed E-state index contributed by atoms with van der Waals surface area (Å²) in [5, 5.41) is 24.0. The van der Waals surface area contributed by atoms with E-state index in [9.17, 15) is 19.9 Å². The first kappa shape index (κ1) is 23.7. The summed E-state index contributed by atoms with van der Waals surface area (Å²) < 4.78 is 2.47. The van der Waals surface area contributed by atoms with E-state index < -0.39 is 5.97 Å². The van der Waals surface area contributed by atoms with E-state index in [-0.39, 0.29) is 11.1 Å². The van der Waals surface area contributed by atoms with Crippen molar-refractivity contribution in [2.24, 2.45) is 5.92 Å². The largest absolute Gasteiger partial charge is 0.478 e. The van der Waals surface area contributed by atoms with Gasteiger partial charge in [-0.25, -0.2) is 4.79 Å². The number of nitrogens with one attached hydrogen (secondary N) is 1. The van der Waals surface area contributed by atoms with Gasteiger partial charge in [0.05, 0.1) is 16.9 Å². The molecule has 0 radical (unpaired) electrons. The van der Waals surface area contributed by atoms with Gasteiger partial charge in [0.15, 0.2) is 0 Å². The van der Waals surface area contributed by atoms with E-state index in [0.29, 0.717) is 23.7 Å². The predicted octanol–water partition coefficient (Wildman–Crippen LogP) is 5.72. The van der Waals surface area contributed by atoms with E-state index >= 15 is 0 Å². The number of anilines is 1. The van der Waals surface area contributed by atoms with Crippen molar-refractivity contribution in [3.63, 3.8) is 0 Å². The number of carboxylic acid groups (broad SMARTS) is 1. The first-order valence-corrected chi connectivity index (χ1v) is 12.4. The fourth-order valence-electron chi connectivity index (χ4n) is 4.42. The minimum absolute atomic E-state index is 0.218. The zero-order valence-corrected chi connectivity index (χ0v) is 20.9. The number of aromatic carboxylic acids is 1. The Morgan fingerprint density at radius 2 is 1.89 bits per heavy atom. The number of allylic oxidation sites excluding steroid dienone is 4. The molecule has 2 aromatic heterocycles. The Labute approximate surface area is 211 Å². The number of carbonyl (C=O) groups is 1. The van der Waals surface area contributed by atoms with Crippen LogP contribution in [0.4, 0.5) is 5.69 Å². The number of hydrogen-bond donors (Lipinski definition) is 3. The molecule has 0 bridgehead atoms. The van der Waals surface area contributed by atoms with Gasteiger partial charge < -0.3 is 5.11 Å². The Morgan fingerprint density at radius 3 is 2.64 bits per heavy atom. The van der Waals surface area contributed by atoms with Crippen LogP contribution in [0.1, 0.15) is 36.3 Å². The Hall–Kier alpha value is -4.08. The SMILES string of the molecule is CC1=CC=C(n2c(=O)cc(C)n2N(O)Nc2csc3ccc(-c4cccc(C(=O)O)c4)cc23)CC1C. The normalized spacial score (nSPS) is 15.5. The zero-order valence-electron chi connectivity index (χ0n) is 20.1. The molecule has 5 rings (SSSR count). The highest BCUT2D eigenvalue weighted by Crippen LogP contribution is 2.34. The molecule has 36 heavy (non-hydrogen) atoms. The maximum atomic E-state index is 12.8.